The summed E-state index contributed by atoms with van der Waals surface area (Å²) in [6.07, 6.45) is -3.75. The van der Waals surface area contributed by atoms with Gasteiger partial charge in [-0.3, -0.25) is 0 Å². The highest BCUT2D eigenvalue weighted by Gasteiger charge is 2.47. The smallest absolute Gasteiger partial charge is 0.399 e. The molecule has 0 aliphatic carbocycles. The van der Waals surface area contributed by atoms with Gasteiger partial charge in [0.2, 0.25) is 0 Å². The van der Waals surface area contributed by atoms with Crippen molar-refractivity contribution in [2.24, 2.45) is 0 Å². The maximum absolute atomic E-state index is 14.7. The van der Waals surface area contributed by atoms with Gasteiger partial charge in [-0.15, -0.1) is 0 Å². The molecule has 1 aliphatic rings. The number of rotatable bonds is 6. The van der Waals surface area contributed by atoms with E-state index in [1.807, 2.05) is 0 Å². The molecule has 1 fully saturated rings. The molecule has 2 aromatic carbocycles. The van der Waals surface area contributed by atoms with Crippen molar-refractivity contribution in [1.29, 1.82) is 0 Å². The van der Waals surface area contributed by atoms with Gasteiger partial charge in [0, 0.05) is 5.46 Å². The van der Waals surface area contributed by atoms with E-state index >= 15 is 0 Å². The Morgan fingerprint density at radius 3 is 2.26 bits per heavy atom. The molecule has 0 saturated carbocycles. The Balaban J connectivity index is 1.86. The number of hydrogen-bond donors (Lipinski definition) is 3. The van der Waals surface area contributed by atoms with Gasteiger partial charge >= 0.3 is 7.12 Å². The molecule has 0 spiro atoms. The third-order valence-electron chi connectivity index (χ3n) is 4.66. The second kappa shape index (κ2) is 8.45. The highest BCUT2D eigenvalue weighted by molar-refractivity contribution is 6.62. The largest absolute Gasteiger partial charge is 0.497 e. The third kappa shape index (κ3) is 4.20. The van der Waals surface area contributed by atoms with Gasteiger partial charge < -0.3 is 24.6 Å². The Kier molecular flexibility index (Phi) is 6.24. The molecule has 4 unspecified atom stereocenters. The second-order valence-corrected chi connectivity index (χ2v) is 6.51. The summed E-state index contributed by atoms with van der Waals surface area (Å²) in [6, 6.07) is 10.1. The van der Waals surface area contributed by atoms with Crippen molar-refractivity contribution in [3.8, 4) is 11.1 Å². The van der Waals surface area contributed by atoms with Gasteiger partial charge in [0.1, 0.15) is 17.7 Å². The number of hydrogen-bond acceptors (Lipinski definition) is 5. The molecule has 2 aromatic rings. The monoisotopic (exact) mass is 378 g/mol. The van der Waals surface area contributed by atoms with E-state index in [0.717, 1.165) is 0 Å². The summed E-state index contributed by atoms with van der Waals surface area (Å²) < 4.78 is 39.3. The van der Waals surface area contributed by atoms with Gasteiger partial charge in [-0.1, -0.05) is 31.2 Å². The minimum absolute atomic E-state index is 0.0936. The van der Waals surface area contributed by atoms with Crippen LogP contribution in [-0.4, -0.2) is 53.5 Å². The van der Waals surface area contributed by atoms with Crippen molar-refractivity contribution in [2.45, 2.75) is 37.8 Å². The van der Waals surface area contributed by atoms with Gasteiger partial charge in [0.15, 0.2) is 0 Å². The van der Waals surface area contributed by atoms with E-state index in [4.69, 9.17) is 9.31 Å². The zero-order valence-electron chi connectivity index (χ0n) is 14.8. The van der Waals surface area contributed by atoms with E-state index in [2.05, 4.69) is 0 Å². The SMILES string of the molecule is CCC(O)C1OB(c2ccc(-c3cccc(F)c3)cc2F)OC1C(O)CO. The van der Waals surface area contributed by atoms with E-state index < -0.39 is 49.8 Å². The van der Waals surface area contributed by atoms with Gasteiger partial charge in [-0.25, -0.2) is 8.78 Å². The maximum Gasteiger partial charge on any atom is 0.497 e. The van der Waals surface area contributed by atoms with Gasteiger partial charge in [0.25, 0.3) is 0 Å². The molecular weight excluding hydrogens is 357 g/mol. The zero-order valence-corrected chi connectivity index (χ0v) is 14.8. The predicted octanol–water partition coefficient (Wildman–Crippen LogP) is 1.24. The summed E-state index contributed by atoms with van der Waals surface area (Å²) in [6.45, 7) is 1.16. The molecule has 1 heterocycles. The quantitative estimate of drug-likeness (QED) is 0.660. The molecule has 144 valence electrons. The van der Waals surface area contributed by atoms with Crippen LogP contribution in [0.15, 0.2) is 42.5 Å². The molecular formula is C19H21BF2O5. The first kappa shape index (κ1) is 19.9. The molecule has 5 nitrogen and oxygen atoms in total. The molecule has 4 atom stereocenters. The summed E-state index contributed by atoms with van der Waals surface area (Å²) in [5, 5.41) is 29.2. The van der Waals surface area contributed by atoms with Crippen molar-refractivity contribution < 1.29 is 33.4 Å². The van der Waals surface area contributed by atoms with Crippen molar-refractivity contribution in [1.82, 2.24) is 0 Å². The Labute approximate surface area is 156 Å². The van der Waals surface area contributed by atoms with E-state index in [0.29, 0.717) is 17.5 Å². The third-order valence-corrected chi connectivity index (χ3v) is 4.66. The first-order valence-corrected chi connectivity index (χ1v) is 8.78. The molecule has 3 N–H and O–H groups in total. The van der Waals surface area contributed by atoms with Crippen LogP contribution < -0.4 is 5.46 Å². The summed E-state index contributed by atoms with van der Waals surface area (Å²) in [5.41, 5.74) is 1.11. The van der Waals surface area contributed by atoms with Crippen LogP contribution in [0.4, 0.5) is 8.78 Å². The lowest BCUT2D eigenvalue weighted by molar-refractivity contribution is -0.0519. The number of halogens is 2. The van der Waals surface area contributed by atoms with Crippen LogP contribution in [0.5, 0.6) is 0 Å². The number of benzene rings is 2. The molecule has 27 heavy (non-hydrogen) atoms. The standard InChI is InChI=1S/C19H21BF2O5/c1-2-16(24)18-19(17(25)10-23)27-20(26-18)14-7-6-12(9-15(14)22)11-4-3-5-13(21)8-11/h3-9,16-19,23-25H,2,10H2,1H3. The van der Waals surface area contributed by atoms with Crippen LogP contribution in [0.3, 0.4) is 0 Å². The minimum Gasteiger partial charge on any atom is -0.399 e. The van der Waals surface area contributed by atoms with Crippen LogP contribution in [0.1, 0.15) is 13.3 Å². The van der Waals surface area contributed by atoms with Crippen LogP contribution in [-0.2, 0) is 9.31 Å². The summed E-state index contributed by atoms with van der Waals surface area (Å²) in [5.74, 6) is -1.04. The van der Waals surface area contributed by atoms with Crippen LogP contribution in [0.2, 0.25) is 0 Å². The lowest BCUT2D eigenvalue weighted by Gasteiger charge is -2.25. The maximum atomic E-state index is 14.7. The molecule has 0 amide bonds. The Hall–Kier alpha value is -1.84. The topological polar surface area (TPSA) is 79.2 Å². The first-order chi connectivity index (χ1) is 12.9. The summed E-state index contributed by atoms with van der Waals surface area (Å²) in [7, 11) is -1.14. The predicted molar refractivity (Wildman–Crippen MR) is 96.3 cm³/mol. The van der Waals surface area contributed by atoms with Crippen LogP contribution >= 0.6 is 0 Å². The van der Waals surface area contributed by atoms with Crippen molar-refractivity contribution >= 4 is 12.6 Å². The highest BCUT2D eigenvalue weighted by atomic mass is 19.1. The average molecular weight is 378 g/mol. The lowest BCUT2D eigenvalue weighted by atomic mass is 9.78. The Bertz CT molecular complexity index is 772. The Morgan fingerprint density at radius 1 is 1.00 bits per heavy atom. The minimum atomic E-state index is -1.27. The van der Waals surface area contributed by atoms with Crippen molar-refractivity contribution in [2.75, 3.05) is 6.61 Å². The zero-order chi connectivity index (χ0) is 19.6. The fraction of sp³-hybridized carbons (Fsp3) is 0.368. The number of aliphatic hydroxyl groups is 3. The Morgan fingerprint density at radius 2 is 1.67 bits per heavy atom. The summed E-state index contributed by atoms with van der Waals surface area (Å²) >= 11 is 0. The highest BCUT2D eigenvalue weighted by Crippen LogP contribution is 2.26. The molecule has 3 rings (SSSR count). The van der Waals surface area contributed by atoms with Gasteiger partial charge in [-0.2, -0.15) is 0 Å². The molecule has 0 aromatic heterocycles. The second-order valence-electron chi connectivity index (χ2n) is 6.51. The first-order valence-electron chi connectivity index (χ1n) is 8.78. The fourth-order valence-electron chi connectivity index (χ4n) is 3.14. The molecule has 0 radical (unpaired) electrons. The van der Waals surface area contributed by atoms with E-state index in [1.165, 1.54) is 30.3 Å². The number of aliphatic hydroxyl groups excluding tert-OH is 3. The molecule has 0 bridgehead atoms. The van der Waals surface area contributed by atoms with E-state index in [9.17, 15) is 24.1 Å². The van der Waals surface area contributed by atoms with E-state index in [-0.39, 0.29) is 5.46 Å². The van der Waals surface area contributed by atoms with Gasteiger partial charge in [0.05, 0.1) is 24.9 Å². The van der Waals surface area contributed by atoms with Gasteiger partial charge in [-0.05, 0) is 35.7 Å². The normalized spacial score (nSPS) is 22.1. The molecule has 1 aliphatic heterocycles. The fourth-order valence-corrected chi connectivity index (χ4v) is 3.14. The van der Waals surface area contributed by atoms with Crippen molar-refractivity contribution in [3.05, 3.63) is 54.1 Å². The van der Waals surface area contributed by atoms with E-state index in [1.54, 1.807) is 19.1 Å². The average Bonchev–Trinajstić information content (AvgIpc) is 3.11. The molecule has 8 heteroatoms. The van der Waals surface area contributed by atoms with Crippen LogP contribution in [0, 0.1) is 11.6 Å². The summed E-state index contributed by atoms with van der Waals surface area (Å²) in [4.78, 5) is 0. The molecule has 1 saturated heterocycles. The van der Waals surface area contributed by atoms with Crippen LogP contribution in [0.25, 0.3) is 11.1 Å². The van der Waals surface area contributed by atoms with Crippen molar-refractivity contribution in [3.63, 3.8) is 0 Å². The lowest BCUT2D eigenvalue weighted by Crippen LogP contribution is -2.43.